The van der Waals surface area contributed by atoms with Crippen LogP contribution >= 0.6 is 15.9 Å². The van der Waals surface area contributed by atoms with Crippen LogP contribution in [0.25, 0.3) is 0 Å². The van der Waals surface area contributed by atoms with Crippen molar-refractivity contribution in [3.63, 3.8) is 0 Å². The van der Waals surface area contributed by atoms with E-state index in [1.807, 2.05) is 24.3 Å². The fourth-order valence-electron chi connectivity index (χ4n) is 1.33. The summed E-state index contributed by atoms with van der Waals surface area (Å²) in [7, 11) is 0. The molecular formula is C15H10BrF4N. The monoisotopic (exact) mass is 359 g/mol. The average molecular weight is 360 g/mol. The maximum absolute atomic E-state index is 12.4. The van der Waals surface area contributed by atoms with E-state index in [4.69, 9.17) is 5.26 Å². The lowest BCUT2D eigenvalue weighted by Crippen LogP contribution is -2.15. The van der Waals surface area contributed by atoms with Gasteiger partial charge in [-0.2, -0.15) is 18.4 Å². The van der Waals surface area contributed by atoms with Gasteiger partial charge in [0.25, 0.3) is 0 Å². The second-order valence-electron chi connectivity index (χ2n) is 3.93. The molecule has 0 saturated heterocycles. The molecule has 0 amide bonds. The maximum atomic E-state index is 12.4. The fraction of sp³-hybridized carbons (Fsp3) is 0.133. The molecule has 0 radical (unpaired) electrons. The lowest BCUT2D eigenvalue weighted by molar-refractivity contribution is -0.128. The molecule has 0 aliphatic carbocycles. The molecule has 0 N–H and O–H groups in total. The second-order valence-corrected chi connectivity index (χ2v) is 4.85. The summed E-state index contributed by atoms with van der Waals surface area (Å²) < 4.78 is 48.6. The Labute approximate surface area is 128 Å². The van der Waals surface area contributed by atoms with Gasteiger partial charge < -0.3 is 0 Å². The molecule has 110 valence electrons. The first-order valence-corrected chi connectivity index (χ1v) is 6.67. The van der Waals surface area contributed by atoms with Crippen LogP contribution in [0.3, 0.4) is 0 Å². The van der Waals surface area contributed by atoms with E-state index in [0.29, 0.717) is 5.56 Å². The standard InChI is InChI=1S/C8H5BrF4.C7H5N/c9-7(8(11,12)13)5-1-3-6(10)4-2-5;8-6-7-4-2-1-3-5-7/h1-4,7H;1-5H. The third-order valence-electron chi connectivity index (χ3n) is 2.35. The Morgan fingerprint density at radius 3 is 1.86 bits per heavy atom. The highest BCUT2D eigenvalue weighted by atomic mass is 79.9. The van der Waals surface area contributed by atoms with Crippen molar-refractivity contribution in [2.75, 3.05) is 0 Å². The van der Waals surface area contributed by atoms with Crippen molar-refractivity contribution in [2.45, 2.75) is 11.0 Å². The van der Waals surface area contributed by atoms with Gasteiger partial charge in [0.1, 0.15) is 10.6 Å². The number of rotatable bonds is 1. The van der Waals surface area contributed by atoms with Gasteiger partial charge >= 0.3 is 6.18 Å². The molecule has 1 unspecified atom stereocenters. The maximum Gasteiger partial charge on any atom is 0.405 e. The minimum atomic E-state index is -4.35. The highest BCUT2D eigenvalue weighted by Crippen LogP contribution is 2.39. The highest BCUT2D eigenvalue weighted by molar-refractivity contribution is 9.09. The molecule has 1 atom stereocenters. The van der Waals surface area contributed by atoms with Crippen molar-refractivity contribution in [2.24, 2.45) is 0 Å². The summed E-state index contributed by atoms with van der Waals surface area (Å²) in [5.74, 6) is -0.550. The van der Waals surface area contributed by atoms with E-state index in [1.54, 1.807) is 12.1 Å². The smallest absolute Gasteiger partial charge is 0.207 e. The molecular weight excluding hydrogens is 350 g/mol. The minimum absolute atomic E-state index is 0.00565. The molecule has 2 rings (SSSR count). The number of halogens is 5. The molecule has 2 aromatic carbocycles. The van der Waals surface area contributed by atoms with Crippen LogP contribution in [0.1, 0.15) is 16.0 Å². The lowest BCUT2D eigenvalue weighted by atomic mass is 10.1. The molecule has 0 aliphatic rings. The molecule has 0 saturated carbocycles. The molecule has 0 aliphatic heterocycles. The van der Waals surface area contributed by atoms with E-state index in [9.17, 15) is 17.6 Å². The van der Waals surface area contributed by atoms with Crippen molar-refractivity contribution in [3.8, 4) is 6.07 Å². The Kier molecular flexibility index (Phi) is 6.38. The Morgan fingerprint density at radius 1 is 0.952 bits per heavy atom. The van der Waals surface area contributed by atoms with Crippen LogP contribution in [0.4, 0.5) is 17.6 Å². The summed E-state index contributed by atoms with van der Waals surface area (Å²) in [5.41, 5.74) is 0.710. The predicted molar refractivity (Wildman–Crippen MR) is 75.3 cm³/mol. The van der Waals surface area contributed by atoms with Crippen LogP contribution in [0.5, 0.6) is 0 Å². The topological polar surface area (TPSA) is 23.8 Å². The van der Waals surface area contributed by atoms with E-state index in [0.717, 1.165) is 24.3 Å². The quantitative estimate of drug-likeness (QED) is 0.495. The van der Waals surface area contributed by atoms with Gasteiger partial charge in [-0.3, -0.25) is 0 Å². The highest BCUT2D eigenvalue weighted by Gasteiger charge is 2.38. The van der Waals surface area contributed by atoms with Gasteiger partial charge in [-0.15, -0.1) is 0 Å². The van der Waals surface area contributed by atoms with Crippen LogP contribution in [0, 0.1) is 17.1 Å². The summed E-state index contributed by atoms with van der Waals surface area (Å²) in [6.07, 6.45) is -4.35. The Balaban J connectivity index is 0.000000235. The van der Waals surface area contributed by atoms with Crippen LogP contribution in [-0.4, -0.2) is 6.18 Å². The SMILES string of the molecule is Fc1ccc(C(Br)C(F)(F)F)cc1.N#Cc1ccccc1. The first kappa shape index (κ1) is 17.2. The Hall–Kier alpha value is -1.87. The molecule has 0 heterocycles. The summed E-state index contributed by atoms with van der Waals surface area (Å²) in [4.78, 5) is -1.74. The largest absolute Gasteiger partial charge is 0.405 e. The van der Waals surface area contributed by atoms with Crippen LogP contribution in [0.2, 0.25) is 0 Å². The van der Waals surface area contributed by atoms with Gasteiger partial charge in [-0.05, 0) is 29.8 Å². The zero-order chi connectivity index (χ0) is 15.9. The minimum Gasteiger partial charge on any atom is -0.207 e. The van der Waals surface area contributed by atoms with Crippen molar-refractivity contribution >= 4 is 15.9 Å². The van der Waals surface area contributed by atoms with Crippen molar-refractivity contribution in [1.82, 2.24) is 0 Å². The van der Waals surface area contributed by atoms with Gasteiger partial charge in [0.15, 0.2) is 0 Å². The zero-order valence-corrected chi connectivity index (χ0v) is 12.2. The third kappa shape index (κ3) is 5.96. The third-order valence-corrected chi connectivity index (χ3v) is 3.40. The average Bonchev–Trinajstić information content (AvgIpc) is 2.48. The van der Waals surface area contributed by atoms with E-state index < -0.39 is 16.8 Å². The Morgan fingerprint density at radius 2 is 1.48 bits per heavy atom. The number of nitriles is 1. The van der Waals surface area contributed by atoms with Crippen molar-refractivity contribution in [1.29, 1.82) is 5.26 Å². The molecule has 0 aromatic heterocycles. The summed E-state index contributed by atoms with van der Waals surface area (Å²) in [5, 5.41) is 8.29. The van der Waals surface area contributed by atoms with E-state index in [1.165, 1.54) is 0 Å². The number of hydrogen-bond donors (Lipinski definition) is 0. The van der Waals surface area contributed by atoms with Crippen LogP contribution < -0.4 is 0 Å². The summed E-state index contributed by atoms with van der Waals surface area (Å²) in [6.45, 7) is 0. The fourth-order valence-corrected chi connectivity index (χ4v) is 1.64. The summed E-state index contributed by atoms with van der Waals surface area (Å²) in [6, 6.07) is 15.4. The Bertz CT molecular complexity index is 588. The van der Waals surface area contributed by atoms with Crippen LogP contribution in [-0.2, 0) is 0 Å². The van der Waals surface area contributed by atoms with Gasteiger partial charge in [0.05, 0.1) is 11.6 Å². The number of nitrogens with zero attached hydrogens (tertiary/aromatic N) is 1. The molecule has 0 spiro atoms. The van der Waals surface area contributed by atoms with Gasteiger partial charge in [0, 0.05) is 0 Å². The molecule has 1 nitrogen and oxygen atoms in total. The lowest BCUT2D eigenvalue weighted by Gasteiger charge is -2.13. The number of alkyl halides is 4. The molecule has 0 fully saturated rings. The number of hydrogen-bond acceptors (Lipinski definition) is 1. The van der Waals surface area contributed by atoms with Gasteiger partial charge in [-0.1, -0.05) is 46.3 Å². The second kappa shape index (κ2) is 7.79. The summed E-state index contributed by atoms with van der Waals surface area (Å²) >= 11 is 2.48. The molecule has 0 bridgehead atoms. The normalized spacial score (nSPS) is 11.8. The zero-order valence-electron chi connectivity index (χ0n) is 10.6. The van der Waals surface area contributed by atoms with E-state index in [-0.39, 0.29) is 5.56 Å². The first-order valence-electron chi connectivity index (χ1n) is 5.76. The predicted octanol–water partition coefficient (Wildman–Crippen LogP) is 5.38. The van der Waals surface area contributed by atoms with Crippen LogP contribution in [0.15, 0.2) is 54.6 Å². The van der Waals surface area contributed by atoms with Gasteiger partial charge in [0.2, 0.25) is 0 Å². The molecule has 2 aromatic rings. The number of benzene rings is 2. The van der Waals surface area contributed by atoms with Gasteiger partial charge in [-0.25, -0.2) is 4.39 Å². The van der Waals surface area contributed by atoms with Crippen molar-refractivity contribution in [3.05, 3.63) is 71.5 Å². The van der Waals surface area contributed by atoms with Crippen molar-refractivity contribution < 1.29 is 17.6 Å². The first-order chi connectivity index (χ1) is 9.84. The van der Waals surface area contributed by atoms with E-state index in [2.05, 4.69) is 15.9 Å². The molecule has 6 heteroatoms. The van der Waals surface area contributed by atoms with E-state index >= 15 is 0 Å². The molecule has 21 heavy (non-hydrogen) atoms.